The monoisotopic (exact) mass is 258 g/mol. The van der Waals surface area contributed by atoms with Gasteiger partial charge in [0.25, 0.3) is 0 Å². The Labute approximate surface area is 117 Å². The number of aryl methyl sites for hydroxylation is 2. The van der Waals surface area contributed by atoms with Crippen molar-refractivity contribution in [2.75, 3.05) is 0 Å². The van der Waals surface area contributed by atoms with Gasteiger partial charge in [0.05, 0.1) is 22.4 Å². The Morgan fingerprint density at radius 3 is 1.70 bits per heavy atom. The first-order valence-electron chi connectivity index (χ1n) is 7.33. The predicted molar refractivity (Wildman–Crippen MR) is 80.6 cm³/mol. The van der Waals surface area contributed by atoms with Gasteiger partial charge in [-0.1, -0.05) is 12.1 Å². The summed E-state index contributed by atoms with van der Waals surface area (Å²) in [5, 5.41) is 0. The topological polar surface area (TPSA) is 25.8 Å². The second-order valence-electron chi connectivity index (χ2n) is 5.78. The van der Waals surface area contributed by atoms with Crippen LogP contribution in [0, 0.1) is 0 Å². The lowest BCUT2D eigenvalue weighted by Crippen LogP contribution is -2.10. The van der Waals surface area contributed by atoms with Crippen LogP contribution in [0.15, 0.2) is 36.4 Å². The van der Waals surface area contributed by atoms with Crippen LogP contribution in [0.3, 0.4) is 0 Å². The van der Waals surface area contributed by atoms with Gasteiger partial charge in [-0.25, -0.2) is 9.97 Å². The van der Waals surface area contributed by atoms with Crippen LogP contribution in [0.25, 0.3) is 33.5 Å². The van der Waals surface area contributed by atoms with Crippen molar-refractivity contribution in [2.24, 2.45) is 0 Å². The van der Waals surface area contributed by atoms with E-state index in [9.17, 15) is 0 Å². The highest BCUT2D eigenvalue weighted by Gasteiger charge is 2.28. The standard InChI is InChI=1S/C18H14N2/c1-2-6-12-10-14-13(9-11(12)5-1)17-18(14)20-16-8-4-3-7-15(16)19-17/h3-4,7-10H,1-2,5-6H2. The van der Waals surface area contributed by atoms with Crippen LogP contribution in [-0.2, 0) is 12.8 Å². The number of benzene rings is 2. The Kier molecular flexibility index (Phi) is 1.93. The second-order valence-corrected chi connectivity index (χ2v) is 5.78. The first kappa shape index (κ1) is 10.6. The molecule has 0 saturated carbocycles. The van der Waals surface area contributed by atoms with Crippen molar-refractivity contribution in [2.45, 2.75) is 25.7 Å². The van der Waals surface area contributed by atoms with Gasteiger partial charge in [0.1, 0.15) is 0 Å². The molecule has 1 aromatic heterocycles. The molecular weight excluding hydrogens is 244 g/mol. The van der Waals surface area contributed by atoms with Gasteiger partial charge in [0.15, 0.2) is 0 Å². The molecule has 0 spiro atoms. The molecule has 20 heavy (non-hydrogen) atoms. The molecule has 0 amide bonds. The maximum atomic E-state index is 4.79. The summed E-state index contributed by atoms with van der Waals surface area (Å²) in [6, 6.07) is 12.8. The molecule has 0 atom stereocenters. The Morgan fingerprint density at radius 2 is 1.20 bits per heavy atom. The Balaban J connectivity index is 1.76. The van der Waals surface area contributed by atoms with Gasteiger partial charge in [-0.3, -0.25) is 0 Å². The summed E-state index contributed by atoms with van der Waals surface area (Å²) in [5.74, 6) is 0. The fourth-order valence-electron chi connectivity index (χ4n) is 3.49. The van der Waals surface area contributed by atoms with Crippen molar-refractivity contribution in [1.29, 1.82) is 0 Å². The summed E-state index contributed by atoms with van der Waals surface area (Å²) in [5.41, 5.74) is 9.83. The third-order valence-corrected chi connectivity index (χ3v) is 4.56. The number of hydrogen-bond acceptors (Lipinski definition) is 2. The van der Waals surface area contributed by atoms with E-state index in [0.717, 1.165) is 22.4 Å². The molecule has 5 rings (SSSR count). The molecule has 2 heteroatoms. The zero-order valence-electron chi connectivity index (χ0n) is 11.2. The van der Waals surface area contributed by atoms with Gasteiger partial charge in [-0.2, -0.15) is 0 Å². The van der Waals surface area contributed by atoms with E-state index in [1.54, 1.807) is 0 Å². The van der Waals surface area contributed by atoms with Crippen molar-refractivity contribution in [3.8, 4) is 22.5 Å². The average molecular weight is 258 g/mol. The summed E-state index contributed by atoms with van der Waals surface area (Å²) in [6.45, 7) is 0. The normalized spacial score (nSPS) is 15.2. The molecule has 0 N–H and O–H groups in total. The first-order valence-corrected chi connectivity index (χ1v) is 7.33. The summed E-state index contributed by atoms with van der Waals surface area (Å²) in [4.78, 5) is 9.58. The molecule has 0 fully saturated rings. The Morgan fingerprint density at radius 1 is 0.700 bits per heavy atom. The molecule has 96 valence electrons. The number of rotatable bonds is 0. The van der Waals surface area contributed by atoms with Crippen LogP contribution in [0.5, 0.6) is 0 Å². The number of hydrogen-bond donors (Lipinski definition) is 0. The number of fused-ring (bicyclic) bond motifs is 6. The molecule has 2 aromatic carbocycles. The van der Waals surface area contributed by atoms with Crippen molar-refractivity contribution >= 4 is 11.0 Å². The highest BCUT2D eigenvalue weighted by atomic mass is 14.9. The van der Waals surface area contributed by atoms with Crippen molar-refractivity contribution in [3.05, 3.63) is 47.5 Å². The van der Waals surface area contributed by atoms with Gasteiger partial charge in [0, 0.05) is 11.1 Å². The van der Waals surface area contributed by atoms with Crippen LogP contribution < -0.4 is 0 Å². The lowest BCUT2D eigenvalue weighted by molar-refractivity contribution is 0.686. The smallest absolute Gasteiger partial charge is 0.0980 e. The third kappa shape index (κ3) is 1.29. The van der Waals surface area contributed by atoms with E-state index in [1.807, 2.05) is 24.3 Å². The van der Waals surface area contributed by atoms with E-state index in [1.165, 1.54) is 47.9 Å². The lowest BCUT2D eigenvalue weighted by Gasteiger charge is -2.26. The molecule has 0 saturated heterocycles. The fraction of sp³-hybridized carbons (Fsp3) is 0.222. The molecular formula is C18H14N2. The van der Waals surface area contributed by atoms with Crippen LogP contribution in [-0.4, -0.2) is 9.97 Å². The highest BCUT2D eigenvalue weighted by Crippen LogP contribution is 2.47. The third-order valence-electron chi connectivity index (χ3n) is 4.56. The Hall–Kier alpha value is -2.22. The quantitative estimate of drug-likeness (QED) is 0.473. The zero-order chi connectivity index (χ0) is 13.1. The molecule has 1 heterocycles. The summed E-state index contributed by atoms with van der Waals surface area (Å²) < 4.78 is 0. The summed E-state index contributed by atoms with van der Waals surface area (Å²) in [6.07, 6.45) is 5.09. The van der Waals surface area contributed by atoms with Crippen LogP contribution in [0.2, 0.25) is 0 Å². The van der Waals surface area contributed by atoms with Crippen molar-refractivity contribution in [1.82, 2.24) is 9.97 Å². The zero-order valence-corrected chi connectivity index (χ0v) is 11.2. The minimum Gasteiger partial charge on any atom is -0.244 e. The highest BCUT2D eigenvalue weighted by molar-refractivity contribution is 6.01. The van der Waals surface area contributed by atoms with Crippen LogP contribution in [0.4, 0.5) is 0 Å². The number of para-hydroxylation sites is 2. The maximum absolute atomic E-state index is 4.79. The number of aromatic nitrogens is 2. The summed E-state index contributed by atoms with van der Waals surface area (Å²) in [7, 11) is 0. The molecule has 0 unspecified atom stereocenters. The molecule has 0 bridgehead atoms. The van der Waals surface area contributed by atoms with E-state index in [4.69, 9.17) is 9.97 Å². The van der Waals surface area contributed by atoms with E-state index < -0.39 is 0 Å². The molecule has 0 radical (unpaired) electrons. The average Bonchev–Trinajstić information content (AvgIpc) is 2.52. The van der Waals surface area contributed by atoms with E-state index in [2.05, 4.69) is 12.1 Å². The minimum absolute atomic E-state index is 0.995. The molecule has 2 nitrogen and oxygen atoms in total. The van der Waals surface area contributed by atoms with Gasteiger partial charge in [-0.05, 0) is 61.1 Å². The lowest BCUT2D eigenvalue weighted by atomic mass is 9.81. The van der Waals surface area contributed by atoms with Gasteiger partial charge < -0.3 is 0 Å². The van der Waals surface area contributed by atoms with E-state index >= 15 is 0 Å². The molecule has 3 aromatic rings. The predicted octanol–water partition coefficient (Wildman–Crippen LogP) is 4.16. The molecule has 0 aliphatic heterocycles. The maximum Gasteiger partial charge on any atom is 0.0980 e. The van der Waals surface area contributed by atoms with Gasteiger partial charge in [0.2, 0.25) is 0 Å². The van der Waals surface area contributed by atoms with E-state index in [0.29, 0.717) is 0 Å². The van der Waals surface area contributed by atoms with Gasteiger partial charge in [-0.15, -0.1) is 0 Å². The Bertz CT molecular complexity index is 793. The molecule has 2 aliphatic carbocycles. The largest absolute Gasteiger partial charge is 0.244 e. The summed E-state index contributed by atoms with van der Waals surface area (Å²) >= 11 is 0. The van der Waals surface area contributed by atoms with Gasteiger partial charge >= 0.3 is 0 Å². The van der Waals surface area contributed by atoms with E-state index in [-0.39, 0.29) is 0 Å². The van der Waals surface area contributed by atoms with Crippen molar-refractivity contribution in [3.63, 3.8) is 0 Å². The van der Waals surface area contributed by atoms with Crippen molar-refractivity contribution < 1.29 is 0 Å². The fourth-order valence-corrected chi connectivity index (χ4v) is 3.49. The van der Waals surface area contributed by atoms with Crippen LogP contribution >= 0.6 is 0 Å². The number of nitrogens with zero attached hydrogens (tertiary/aromatic N) is 2. The second kappa shape index (κ2) is 3.66. The van der Waals surface area contributed by atoms with Crippen LogP contribution in [0.1, 0.15) is 24.0 Å². The first-order chi connectivity index (χ1) is 9.90. The molecule has 2 aliphatic rings. The minimum atomic E-state index is 0.995. The SMILES string of the molecule is c1ccc2nc3c(nc2c1)-c1cc2c(cc1-3)CCCC2.